The number of amides is 1. The third-order valence-corrected chi connectivity index (χ3v) is 3.79. The van der Waals surface area contributed by atoms with Crippen molar-refractivity contribution in [1.82, 2.24) is 15.3 Å². The van der Waals surface area contributed by atoms with Gasteiger partial charge in [-0.25, -0.2) is 23.5 Å². The lowest BCUT2D eigenvalue weighted by molar-refractivity contribution is -0.115. The van der Waals surface area contributed by atoms with E-state index in [4.69, 9.17) is 10.2 Å². The topological polar surface area (TPSA) is 120 Å². The summed E-state index contributed by atoms with van der Waals surface area (Å²) >= 11 is 0. The van der Waals surface area contributed by atoms with Crippen LogP contribution in [0.4, 0.5) is 8.78 Å². The van der Waals surface area contributed by atoms with E-state index >= 15 is 0 Å². The highest BCUT2D eigenvalue weighted by Crippen LogP contribution is 2.28. The van der Waals surface area contributed by atoms with Crippen molar-refractivity contribution in [2.24, 2.45) is 5.73 Å². The van der Waals surface area contributed by atoms with Gasteiger partial charge in [0.2, 0.25) is 0 Å². The largest absolute Gasteiger partial charge is 0.465 e. The Labute approximate surface area is 157 Å². The number of nitrogens with two attached hydrogens (primary N) is 1. The van der Waals surface area contributed by atoms with Gasteiger partial charge in [0.25, 0.3) is 5.91 Å². The highest BCUT2D eigenvalue weighted by atomic mass is 19.2. The van der Waals surface area contributed by atoms with Crippen LogP contribution in [0, 0.1) is 11.6 Å². The number of ether oxygens (including phenoxy) is 1. The number of carbonyl (C=O) groups excluding carboxylic acids is 2. The monoisotopic (exact) mass is 388 g/mol. The Morgan fingerprint density at radius 1 is 1.29 bits per heavy atom. The van der Waals surface area contributed by atoms with Crippen molar-refractivity contribution in [1.29, 1.82) is 0 Å². The Morgan fingerprint density at radius 2 is 2.00 bits per heavy atom. The van der Waals surface area contributed by atoms with Crippen LogP contribution in [0.15, 0.2) is 41.2 Å². The average molecular weight is 388 g/mol. The number of nitrogens with zero attached hydrogens (tertiary/aromatic N) is 2. The van der Waals surface area contributed by atoms with E-state index in [1.807, 2.05) is 0 Å². The van der Waals surface area contributed by atoms with Crippen LogP contribution >= 0.6 is 0 Å². The van der Waals surface area contributed by atoms with Crippen molar-refractivity contribution < 1.29 is 27.5 Å². The van der Waals surface area contributed by atoms with Gasteiger partial charge in [0.05, 0.1) is 24.6 Å². The second-order valence-corrected chi connectivity index (χ2v) is 5.50. The summed E-state index contributed by atoms with van der Waals surface area (Å²) in [5.41, 5.74) is 5.04. The third kappa shape index (κ3) is 3.52. The van der Waals surface area contributed by atoms with Crippen molar-refractivity contribution in [3.05, 3.63) is 65.6 Å². The van der Waals surface area contributed by atoms with E-state index in [2.05, 4.69) is 20.0 Å². The first-order chi connectivity index (χ1) is 13.5. The standard InChI is InChI=1S/C18H14F2N4O4/c1-27-18(26)11-6-13(19)14(20)10-5-9(28-15(10)11)8-24-17(25)12(7-21)16-22-3-2-4-23-16/h2-7H,8,21H2,1H3,(H,24,25)/b12-7+. The molecule has 0 saturated heterocycles. The van der Waals surface area contributed by atoms with Crippen LogP contribution in [0.5, 0.6) is 0 Å². The summed E-state index contributed by atoms with van der Waals surface area (Å²) in [5.74, 6) is -3.68. The van der Waals surface area contributed by atoms with Gasteiger partial charge in [-0.3, -0.25) is 4.79 Å². The van der Waals surface area contributed by atoms with E-state index < -0.39 is 23.5 Å². The molecule has 0 aliphatic rings. The molecule has 1 aromatic carbocycles. The highest BCUT2D eigenvalue weighted by Gasteiger charge is 2.22. The molecule has 0 fully saturated rings. The van der Waals surface area contributed by atoms with E-state index in [1.165, 1.54) is 18.5 Å². The average Bonchev–Trinajstić information content (AvgIpc) is 3.14. The number of benzene rings is 1. The van der Waals surface area contributed by atoms with Gasteiger partial charge in [0, 0.05) is 18.6 Å². The van der Waals surface area contributed by atoms with Crippen LogP contribution in [-0.2, 0) is 16.1 Å². The summed E-state index contributed by atoms with van der Waals surface area (Å²) in [7, 11) is 1.10. The Kier molecular flexibility index (Phi) is 5.30. The minimum atomic E-state index is -1.22. The summed E-state index contributed by atoms with van der Waals surface area (Å²) in [6, 6.07) is 3.46. The van der Waals surface area contributed by atoms with Gasteiger partial charge in [-0.2, -0.15) is 0 Å². The second-order valence-electron chi connectivity index (χ2n) is 5.50. The first-order valence-electron chi connectivity index (χ1n) is 7.92. The molecule has 0 saturated carbocycles. The number of hydrogen-bond acceptors (Lipinski definition) is 7. The zero-order valence-electron chi connectivity index (χ0n) is 14.5. The van der Waals surface area contributed by atoms with Crippen molar-refractivity contribution in [2.45, 2.75) is 6.54 Å². The molecule has 3 aromatic rings. The van der Waals surface area contributed by atoms with E-state index in [0.29, 0.717) is 6.07 Å². The lowest BCUT2D eigenvalue weighted by atomic mass is 10.1. The van der Waals surface area contributed by atoms with Crippen LogP contribution in [0.25, 0.3) is 16.5 Å². The summed E-state index contributed by atoms with van der Waals surface area (Å²) in [6.07, 6.45) is 3.95. The van der Waals surface area contributed by atoms with Crippen molar-refractivity contribution >= 4 is 28.4 Å². The van der Waals surface area contributed by atoms with E-state index in [1.54, 1.807) is 6.07 Å². The normalized spacial score (nSPS) is 11.5. The predicted molar refractivity (Wildman–Crippen MR) is 93.5 cm³/mol. The maximum atomic E-state index is 14.0. The fourth-order valence-corrected chi connectivity index (χ4v) is 2.49. The number of carbonyl (C=O) groups is 2. The van der Waals surface area contributed by atoms with Crippen molar-refractivity contribution in [3.63, 3.8) is 0 Å². The second kappa shape index (κ2) is 7.82. The molecule has 144 valence electrons. The first-order valence-corrected chi connectivity index (χ1v) is 7.92. The first kappa shape index (κ1) is 19.0. The van der Waals surface area contributed by atoms with Crippen LogP contribution in [0.1, 0.15) is 21.9 Å². The number of esters is 1. The Hall–Kier alpha value is -3.82. The molecule has 0 atom stereocenters. The van der Waals surface area contributed by atoms with Gasteiger partial charge < -0.3 is 20.2 Å². The molecule has 0 aliphatic heterocycles. The van der Waals surface area contributed by atoms with Gasteiger partial charge in [0.15, 0.2) is 23.0 Å². The smallest absolute Gasteiger partial charge is 0.341 e. The highest BCUT2D eigenvalue weighted by molar-refractivity contribution is 6.18. The molecule has 3 N–H and O–H groups in total. The summed E-state index contributed by atoms with van der Waals surface area (Å²) in [5, 5.41) is 2.27. The van der Waals surface area contributed by atoms with Gasteiger partial charge in [0.1, 0.15) is 11.3 Å². The van der Waals surface area contributed by atoms with Crippen LogP contribution in [-0.4, -0.2) is 29.0 Å². The molecule has 8 nitrogen and oxygen atoms in total. The molecule has 2 aromatic heterocycles. The Bertz CT molecular complexity index is 1080. The molecular formula is C18H14F2N4O4. The van der Waals surface area contributed by atoms with Crippen LogP contribution in [0.2, 0.25) is 0 Å². The number of aromatic nitrogens is 2. The molecule has 10 heteroatoms. The Balaban J connectivity index is 1.86. The third-order valence-electron chi connectivity index (χ3n) is 3.79. The maximum absolute atomic E-state index is 14.0. The SMILES string of the molecule is COC(=O)c1cc(F)c(F)c2cc(CNC(=O)/C(=C/N)c3ncccn3)oc12. The van der Waals surface area contributed by atoms with Crippen LogP contribution in [0.3, 0.4) is 0 Å². The number of hydrogen-bond donors (Lipinski definition) is 2. The van der Waals surface area contributed by atoms with E-state index in [0.717, 1.165) is 13.3 Å². The van der Waals surface area contributed by atoms with Crippen molar-refractivity contribution in [2.75, 3.05) is 7.11 Å². The molecule has 0 unspecified atom stereocenters. The number of furan rings is 1. The lowest BCUT2D eigenvalue weighted by Gasteiger charge is -2.05. The quantitative estimate of drug-likeness (QED) is 0.506. The number of methoxy groups -OCH3 is 1. The molecule has 2 heterocycles. The zero-order valence-corrected chi connectivity index (χ0v) is 14.5. The lowest BCUT2D eigenvalue weighted by Crippen LogP contribution is -2.25. The Morgan fingerprint density at radius 3 is 2.64 bits per heavy atom. The molecule has 28 heavy (non-hydrogen) atoms. The minimum absolute atomic E-state index is 0.0178. The molecule has 0 radical (unpaired) electrons. The fraction of sp³-hybridized carbons (Fsp3) is 0.111. The predicted octanol–water partition coefficient (Wildman–Crippen LogP) is 1.90. The molecule has 3 rings (SSSR count). The number of halogens is 2. The van der Waals surface area contributed by atoms with Crippen LogP contribution < -0.4 is 11.1 Å². The minimum Gasteiger partial charge on any atom is -0.465 e. The van der Waals surface area contributed by atoms with E-state index in [9.17, 15) is 18.4 Å². The zero-order chi connectivity index (χ0) is 20.3. The fourth-order valence-electron chi connectivity index (χ4n) is 2.49. The number of fused-ring (bicyclic) bond motifs is 1. The molecular weight excluding hydrogens is 374 g/mol. The van der Waals surface area contributed by atoms with Gasteiger partial charge in [-0.05, 0) is 18.2 Å². The number of rotatable bonds is 5. The molecule has 1 amide bonds. The summed E-state index contributed by atoms with van der Waals surface area (Å²) < 4.78 is 37.8. The van der Waals surface area contributed by atoms with E-state index in [-0.39, 0.29) is 40.2 Å². The maximum Gasteiger partial charge on any atom is 0.341 e. The summed E-state index contributed by atoms with van der Waals surface area (Å²) in [4.78, 5) is 32.0. The molecule has 0 bridgehead atoms. The molecule has 0 spiro atoms. The van der Waals surface area contributed by atoms with Crippen molar-refractivity contribution in [3.8, 4) is 0 Å². The molecule has 0 aliphatic carbocycles. The van der Waals surface area contributed by atoms with Gasteiger partial charge in [-0.1, -0.05) is 0 Å². The van der Waals surface area contributed by atoms with Gasteiger partial charge in [-0.15, -0.1) is 0 Å². The summed E-state index contributed by atoms with van der Waals surface area (Å²) in [6.45, 7) is -0.181. The van der Waals surface area contributed by atoms with Gasteiger partial charge >= 0.3 is 5.97 Å². The number of nitrogens with one attached hydrogen (secondary N) is 1.